The number of ether oxygens (including phenoxy) is 2. The SMILES string of the molecule is Cc1ccc2c(c1)[C@@H]1OCC[C@@H]1[C@@H]1N2C(=O)[C@H]2[C@@H](C(=O)[O-])[C@H]3C=C[C@@]12O3. The summed E-state index contributed by atoms with van der Waals surface area (Å²) in [4.78, 5) is 27.0. The van der Waals surface area contributed by atoms with E-state index in [1.54, 1.807) is 11.0 Å². The first-order chi connectivity index (χ1) is 12.5. The highest BCUT2D eigenvalue weighted by Crippen LogP contribution is 2.62. The molecule has 134 valence electrons. The fourth-order valence-electron chi connectivity index (χ4n) is 6.02. The van der Waals surface area contributed by atoms with E-state index in [1.807, 2.05) is 25.1 Å². The first kappa shape index (κ1) is 14.9. The fraction of sp³-hybridized carbons (Fsp3) is 0.500. The van der Waals surface area contributed by atoms with E-state index in [4.69, 9.17) is 9.47 Å². The molecule has 0 N–H and O–H groups in total. The average Bonchev–Trinajstić information content (AvgIpc) is 3.35. The van der Waals surface area contributed by atoms with Crippen LogP contribution in [0, 0.1) is 24.7 Å². The van der Waals surface area contributed by atoms with Gasteiger partial charge < -0.3 is 24.3 Å². The molecule has 3 saturated heterocycles. The van der Waals surface area contributed by atoms with Crippen molar-refractivity contribution in [3.05, 3.63) is 41.5 Å². The molecule has 1 aromatic rings. The summed E-state index contributed by atoms with van der Waals surface area (Å²) < 4.78 is 12.3. The van der Waals surface area contributed by atoms with Crippen molar-refractivity contribution in [2.75, 3.05) is 11.5 Å². The van der Waals surface area contributed by atoms with E-state index in [-0.39, 0.29) is 24.0 Å². The zero-order valence-electron chi connectivity index (χ0n) is 14.3. The number of hydrogen-bond acceptors (Lipinski definition) is 5. The highest BCUT2D eigenvalue weighted by atomic mass is 16.5. The summed E-state index contributed by atoms with van der Waals surface area (Å²) in [5.74, 6) is -2.91. The summed E-state index contributed by atoms with van der Waals surface area (Å²) >= 11 is 0. The van der Waals surface area contributed by atoms with E-state index in [9.17, 15) is 14.7 Å². The molecule has 7 atom stereocenters. The lowest BCUT2D eigenvalue weighted by Crippen LogP contribution is -2.53. The molecule has 1 amide bonds. The summed E-state index contributed by atoms with van der Waals surface area (Å²) in [5.41, 5.74) is 2.09. The van der Waals surface area contributed by atoms with Gasteiger partial charge in [-0.25, -0.2) is 0 Å². The first-order valence-electron chi connectivity index (χ1n) is 9.16. The largest absolute Gasteiger partial charge is 0.550 e. The summed E-state index contributed by atoms with van der Waals surface area (Å²) in [6.45, 7) is 2.66. The van der Waals surface area contributed by atoms with Crippen LogP contribution in [0.3, 0.4) is 0 Å². The van der Waals surface area contributed by atoms with Gasteiger partial charge in [-0.2, -0.15) is 0 Å². The van der Waals surface area contributed by atoms with Crippen LogP contribution < -0.4 is 10.0 Å². The molecular weight excluding hydrogens is 334 g/mol. The Balaban J connectivity index is 1.59. The minimum atomic E-state index is -1.21. The number of rotatable bonds is 1. The number of carboxylic acid groups (broad SMARTS) is 1. The number of fused-ring (bicyclic) bond motifs is 7. The van der Waals surface area contributed by atoms with Gasteiger partial charge >= 0.3 is 0 Å². The van der Waals surface area contributed by atoms with Gasteiger partial charge in [0.05, 0.1) is 24.2 Å². The van der Waals surface area contributed by atoms with Crippen LogP contribution in [0.4, 0.5) is 5.69 Å². The van der Waals surface area contributed by atoms with Crippen LogP contribution in [0.5, 0.6) is 0 Å². The molecule has 0 radical (unpaired) electrons. The highest BCUT2D eigenvalue weighted by molar-refractivity contribution is 6.04. The molecular formula is C20H18NO5-. The lowest BCUT2D eigenvalue weighted by Gasteiger charge is -2.44. The van der Waals surface area contributed by atoms with E-state index >= 15 is 0 Å². The molecule has 2 bridgehead atoms. The molecule has 6 rings (SSSR count). The molecule has 1 aromatic carbocycles. The number of carbonyl (C=O) groups is 2. The van der Waals surface area contributed by atoms with Crippen molar-refractivity contribution in [1.82, 2.24) is 0 Å². The van der Waals surface area contributed by atoms with Crippen molar-refractivity contribution in [3.63, 3.8) is 0 Å². The monoisotopic (exact) mass is 352 g/mol. The maximum atomic E-state index is 13.4. The molecule has 0 aromatic heterocycles. The molecule has 0 aliphatic carbocycles. The maximum Gasteiger partial charge on any atom is 0.234 e. The van der Waals surface area contributed by atoms with E-state index in [2.05, 4.69) is 6.07 Å². The molecule has 6 heteroatoms. The number of carbonyl (C=O) groups excluding carboxylic acids is 2. The number of carboxylic acids is 1. The van der Waals surface area contributed by atoms with Crippen LogP contribution in [0.15, 0.2) is 30.4 Å². The smallest absolute Gasteiger partial charge is 0.234 e. The second kappa shape index (κ2) is 4.56. The van der Waals surface area contributed by atoms with E-state index in [1.165, 1.54) is 0 Å². The van der Waals surface area contributed by atoms with Crippen molar-refractivity contribution in [3.8, 4) is 0 Å². The molecule has 5 aliphatic rings. The van der Waals surface area contributed by atoms with Gasteiger partial charge in [-0.05, 0) is 19.4 Å². The Labute approximate surface area is 150 Å². The molecule has 5 aliphatic heterocycles. The second-order valence-electron chi connectivity index (χ2n) is 8.08. The zero-order valence-corrected chi connectivity index (χ0v) is 14.3. The van der Waals surface area contributed by atoms with Crippen LogP contribution in [-0.2, 0) is 19.1 Å². The van der Waals surface area contributed by atoms with Gasteiger partial charge in [0.15, 0.2) is 0 Å². The molecule has 3 fully saturated rings. The summed E-state index contributed by atoms with van der Waals surface area (Å²) in [6, 6.07) is 5.79. The minimum absolute atomic E-state index is 0.0786. The maximum absolute atomic E-state index is 13.4. The van der Waals surface area contributed by atoms with Gasteiger partial charge in [-0.1, -0.05) is 29.8 Å². The zero-order chi connectivity index (χ0) is 17.8. The number of aryl methyl sites for hydroxylation is 1. The lowest BCUT2D eigenvalue weighted by atomic mass is 9.70. The standard InChI is InChI=1S/C20H19NO5/c1-9-2-3-12-11(8-9)16-10(5-7-25-16)17-20-6-4-13(26-20)14(19(23)24)15(20)18(22)21(12)17/h2-4,6,8,10,13-17H,5,7H2,1H3,(H,23,24)/p-1/t10-,13+,14-,15+,16+,17-,20-/m0/s1. The summed E-state index contributed by atoms with van der Waals surface area (Å²) in [7, 11) is 0. The molecule has 5 heterocycles. The Bertz CT molecular complexity index is 894. The Morgan fingerprint density at radius 2 is 2.23 bits per heavy atom. The number of hydrogen-bond donors (Lipinski definition) is 0. The van der Waals surface area contributed by atoms with Gasteiger partial charge in [0.2, 0.25) is 5.91 Å². The van der Waals surface area contributed by atoms with Gasteiger partial charge in [0.25, 0.3) is 0 Å². The van der Waals surface area contributed by atoms with Gasteiger partial charge in [0, 0.05) is 35.7 Å². The van der Waals surface area contributed by atoms with Crippen LogP contribution in [0.2, 0.25) is 0 Å². The van der Waals surface area contributed by atoms with E-state index in [0.717, 1.165) is 23.2 Å². The van der Waals surface area contributed by atoms with Crippen molar-refractivity contribution in [2.24, 2.45) is 17.8 Å². The number of amides is 1. The van der Waals surface area contributed by atoms with Crippen LogP contribution in [0.1, 0.15) is 23.7 Å². The predicted octanol–water partition coefficient (Wildman–Crippen LogP) is 0.491. The van der Waals surface area contributed by atoms with Crippen LogP contribution in [-0.4, -0.2) is 36.2 Å². The van der Waals surface area contributed by atoms with E-state index in [0.29, 0.717) is 6.61 Å². The normalized spacial score (nSPS) is 44.0. The van der Waals surface area contributed by atoms with Crippen LogP contribution in [0.25, 0.3) is 0 Å². The quantitative estimate of drug-likeness (QED) is 0.688. The molecule has 1 spiro atoms. The average molecular weight is 352 g/mol. The molecule has 6 nitrogen and oxygen atoms in total. The number of benzene rings is 1. The van der Waals surface area contributed by atoms with Crippen molar-refractivity contribution in [2.45, 2.75) is 37.2 Å². The molecule has 26 heavy (non-hydrogen) atoms. The van der Waals surface area contributed by atoms with Gasteiger partial charge in [-0.15, -0.1) is 0 Å². The third-order valence-corrected chi connectivity index (χ3v) is 6.89. The van der Waals surface area contributed by atoms with Crippen LogP contribution >= 0.6 is 0 Å². The third kappa shape index (κ3) is 1.48. The van der Waals surface area contributed by atoms with E-state index < -0.39 is 29.5 Å². The van der Waals surface area contributed by atoms with Crippen molar-refractivity contribution < 1.29 is 24.2 Å². The minimum Gasteiger partial charge on any atom is -0.550 e. The summed E-state index contributed by atoms with van der Waals surface area (Å²) in [5, 5.41) is 11.8. The summed E-state index contributed by atoms with van der Waals surface area (Å²) in [6.07, 6.45) is 3.91. The fourth-order valence-corrected chi connectivity index (χ4v) is 6.02. The number of anilines is 1. The predicted molar refractivity (Wildman–Crippen MR) is 88.0 cm³/mol. The van der Waals surface area contributed by atoms with Crippen molar-refractivity contribution >= 4 is 17.6 Å². The Hall–Kier alpha value is -2.18. The van der Waals surface area contributed by atoms with Gasteiger partial charge in [-0.3, -0.25) is 4.79 Å². The highest BCUT2D eigenvalue weighted by Gasteiger charge is 2.73. The Morgan fingerprint density at radius 3 is 3.04 bits per heavy atom. The van der Waals surface area contributed by atoms with Gasteiger partial charge in [0.1, 0.15) is 5.60 Å². The number of nitrogens with zero attached hydrogens (tertiary/aromatic N) is 1. The lowest BCUT2D eigenvalue weighted by molar-refractivity contribution is -0.313. The Morgan fingerprint density at radius 1 is 1.38 bits per heavy atom. The number of aliphatic carboxylic acids is 1. The van der Waals surface area contributed by atoms with Crippen molar-refractivity contribution in [1.29, 1.82) is 0 Å². The first-order valence-corrected chi connectivity index (χ1v) is 9.16. The topological polar surface area (TPSA) is 78.9 Å². The second-order valence-corrected chi connectivity index (χ2v) is 8.08. The Kier molecular flexibility index (Phi) is 2.62. The molecule has 0 saturated carbocycles. The third-order valence-electron chi connectivity index (χ3n) is 6.89. The molecule has 0 unspecified atom stereocenters.